The molecule has 4 unspecified atom stereocenters. The summed E-state index contributed by atoms with van der Waals surface area (Å²) in [6.07, 6.45) is 5.81. The second-order valence-corrected chi connectivity index (χ2v) is 7.26. The first-order valence-corrected chi connectivity index (χ1v) is 7.33. The van der Waals surface area contributed by atoms with Crippen LogP contribution in [0, 0.1) is 11.3 Å². The molecular formula is C15H29NO. The lowest BCUT2D eigenvalue weighted by molar-refractivity contribution is -0.0468. The Labute approximate surface area is 106 Å². The highest BCUT2D eigenvalue weighted by Gasteiger charge is 2.39. The van der Waals surface area contributed by atoms with E-state index < -0.39 is 0 Å². The number of hydrogen-bond donors (Lipinski definition) is 1. The van der Waals surface area contributed by atoms with Gasteiger partial charge in [0, 0.05) is 12.1 Å². The van der Waals surface area contributed by atoms with Crippen molar-refractivity contribution < 1.29 is 5.11 Å². The third kappa shape index (κ3) is 3.03. The molecule has 0 amide bonds. The second kappa shape index (κ2) is 4.89. The van der Waals surface area contributed by atoms with Crippen molar-refractivity contribution in [3.63, 3.8) is 0 Å². The van der Waals surface area contributed by atoms with E-state index in [9.17, 15) is 5.11 Å². The maximum atomic E-state index is 10.3. The molecule has 0 aromatic rings. The summed E-state index contributed by atoms with van der Waals surface area (Å²) >= 11 is 0. The Morgan fingerprint density at radius 3 is 2.53 bits per heavy atom. The van der Waals surface area contributed by atoms with Gasteiger partial charge in [-0.25, -0.2) is 0 Å². The molecule has 1 aliphatic carbocycles. The van der Waals surface area contributed by atoms with Crippen molar-refractivity contribution in [2.24, 2.45) is 11.3 Å². The van der Waals surface area contributed by atoms with Crippen LogP contribution < -0.4 is 0 Å². The van der Waals surface area contributed by atoms with Crippen LogP contribution in [0.1, 0.15) is 59.8 Å². The van der Waals surface area contributed by atoms with E-state index in [-0.39, 0.29) is 6.10 Å². The molecule has 17 heavy (non-hydrogen) atoms. The molecule has 0 aromatic heterocycles. The summed E-state index contributed by atoms with van der Waals surface area (Å²) in [6.45, 7) is 10.6. The van der Waals surface area contributed by atoms with E-state index in [2.05, 4.69) is 32.6 Å². The highest BCUT2D eigenvalue weighted by atomic mass is 16.3. The summed E-state index contributed by atoms with van der Waals surface area (Å²) in [4.78, 5) is 2.59. The SMILES string of the molecule is CC1CCN(C2CC(C)(C)CCC2O)C(C)C1. The van der Waals surface area contributed by atoms with Gasteiger partial charge in [-0.15, -0.1) is 0 Å². The molecule has 0 bridgehead atoms. The average Bonchev–Trinajstić information content (AvgIpc) is 2.22. The van der Waals surface area contributed by atoms with Gasteiger partial charge in [0.05, 0.1) is 6.10 Å². The zero-order valence-electron chi connectivity index (χ0n) is 11.9. The standard InChI is InChI=1S/C15H29NO/c1-11-6-8-16(12(2)9-11)13-10-15(3,4)7-5-14(13)17/h11-14,17H,5-10H2,1-4H3. The third-order valence-corrected chi connectivity index (χ3v) is 4.94. The van der Waals surface area contributed by atoms with Crippen LogP contribution in [0.3, 0.4) is 0 Å². The largest absolute Gasteiger partial charge is 0.391 e. The molecule has 1 saturated heterocycles. The first kappa shape index (κ1) is 13.4. The molecule has 2 nitrogen and oxygen atoms in total. The molecular weight excluding hydrogens is 210 g/mol. The van der Waals surface area contributed by atoms with Crippen molar-refractivity contribution >= 4 is 0 Å². The molecule has 2 aliphatic rings. The Balaban J connectivity index is 2.04. The van der Waals surface area contributed by atoms with E-state index in [0.717, 1.165) is 18.8 Å². The van der Waals surface area contributed by atoms with Gasteiger partial charge in [-0.2, -0.15) is 0 Å². The van der Waals surface area contributed by atoms with Crippen LogP contribution >= 0.6 is 0 Å². The number of aliphatic hydroxyl groups is 1. The predicted molar refractivity (Wildman–Crippen MR) is 72.0 cm³/mol. The molecule has 1 saturated carbocycles. The van der Waals surface area contributed by atoms with E-state index in [1.807, 2.05) is 0 Å². The van der Waals surface area contributed by atoms with Gasteiger partial charge in [0.2, 0.25) is 0 Å². The van der Waals surface area contributed by atoms with Crippen LogP contribution in [0.4, 0.5) is 0 Å². The number of rotatable bonds is 1. The summed E-state index contributed by atoms with van der Waals surface area (Å²) < 4.78 is 0. The fourth-order valence-electron chi connectivity index (χ4n) is 3.79. The van der Waals surface area contributed by atoms with Gasteiger partial charge in [-0.05, 0) is 56.9 Å². The van der Waals surface area contributed by atoms with Crippen LogP contribution in [0.15, 0.2) is 0 Å². The molecule has 1 heterocycles. The lowest BCUT2D eigenvalue weighted by Gasteiger charge is -2.48. The van der Waals surface area contributed by atoms with E-state index in [1.54, 1.807) is 0 Å². The van der Waals surface area contributed by atoms with E-state index in [1.165, 1.54) is 25.8 Å². The topological polar surface area (TPSA) is 23.5 Å². The molecule has 100 valence electrons. The van der Waals surface area contributed by atoms with Crippen molar-refractivity contribution in [2.45, 2.75) is 78.0 Å². The maximum Gasteiger partial charge on any atom is 0.0695 e. The minimum absolute atomic E-state index is 0.0983. The second-order valence-electron chi connectivity index (χ2n) is 7.26. The van der Waals surface area contributed by atoms with Gasteiger partial charge in [-0.1, -0.05) is 20.8 Å². The Morgan fingerprint density at radius 1 is 1.18 bits per heavy atom. The average molecular weight is 239 g/mol. The Hall–Kier alpha value is -0.0800. The predicted octanol–water partition coefficient (Wildman–Crippen LogP) is 3.05. The van der Waals surface area contributed by atoms with E-state index >= 15 is 0 Å². The lowest BCUT2D eigenvalue weighted by Crippen LogP contribution is -2.54. The number of likely N-dealkylation sites (tertiary alicyclic amines) is 1. The van der Waals surface area contributed by atoms with Crippen molar-refractivity contribution in [2.75, 3.05) is 6.54 Å². The number of nitrogens with zero attached hydrogens (tertiary/aromatic N) is 1. The fraction of sp³-hybridized carbons (Fsp3) is 1.00. The molecule has 4 atom stereocenters. The van der Waals surface area contributed by atoms with Crippen LogP contribution in [-0.4, -0.2) is 34.7 Å². The molecule has 2 fully saturated rings. The molecule has 2 heteroatoms. The molecule has 0 radical (unpaired) electrons. The summed E-state index contributed by atoms with van der Waals surface area (Å²) in [5.41, 5.74) is 0.409. The number of aliphatic hydroxyl groups excluding tert-OH is 1. The maximum absolute atomic E-state index is 10.3. The highest BCUT2D eigenvalue weighted by molar-refractivity contribution is 4.93. The molecule has 0 spiro atoms. The monoisotopic (exact) mass is 239 g/mol. The Kier molecular flexibility index (Phi) is 3.84. The van der Waals surface area contributed by atoms with Gasteiger partial charge >= 0.3 is 0 Å². The summed E-state index contributed by atoms with van der Waals surface area (Å²) in [5.74, 6) is 0.856. The minimum Gasteiger partial charge on any atom is -0.391 e. The summed E-state index contributed by atoms with van der Waals surface area (Å²) in [7, 11) is 0. The fourth-order valence-corrected chi connectivity index (χ4v) is 3.79. The summed E-state index contributed by atoms with van der Waals surface area (Å²) in [6, 6.07) is 1.05. The van der Waals surface area contributed by atoms with Gasteiger partial charge in [-0.3, -0.25) is 4.90 Å². The Morgan fingerprint density at radius 2 is 1.88 bits per heavy atom. The first-order valence-electron chi connectivity index (χ1n) is 7.33. The Bertz CT molecular complexity index is 264. The zero-order chi connectivity index (χ0) is 12.6. The third-order valence-electron chi connectivity index (χ3n) is 4.94. The molecule has 1 N–H and O–H groups in total. The quantitative estimate of drug-likeness (QED) is 0.760. The number of piperidine rings is 1. The van der Waals surface area contributed by atoms with Gasteiger partial charge in [0.25, 0.3) is 0 Å². The van der Waals surface area contributed by atoms with Crippen LogP contribution in [-0.2, 0) is 0 Å². The first-order chi connectivity index (χ1) is 7.89. The molecule has 0 aromatic carbocycles. The van der Waals surface area contributed by atoms with Crippen molar-refractivity contribution in [1.82, 2.24) is 4.90 Å². The van der Waals surface area contributed by atoms with Crippen molar-refractivity contribution in [3.8, 4) is 0 Å². The van der Waals surface area contributed by atoms with Crippen molar-refractivity contribution in [1.29, 1.82) is 0 Å². The summed E-state index contributed by atoms with van der Waals surface area (Å²) in [5, 5.41) is 10.3. The van der Waals surface area contributed by atoms with Crippen LogP contribution in [0.5, 0.6) is 0 Å². The minimum atomic E-state index is -0.0983. The smallest absolute Gasteiger partial charge is 0.0695 e. The highest BCUT2D eigenvalue weighted by Crippen LogP contribution is 2.39. The van der Waals surface area contributed by atoms with Crippen molar-refractivity contribution in [3.05, 3.63) is 0 Å². The van der Waals surface area contributed by atoms with Gasteiger partial charge in [0.1, 0.15) is 0 Å². The van der Waals surface area contributed by atoms with Gasteiger partial charge < -0.3 is 5.11 Å². The molecule has 2 rings (SSSR count). The van der Waals surface area contributed by atoms with Crippen LogP contribution in [0.25, 0.3) is 0 Å². The zero-order valence-corrected chi connectivity index (χ0v) is 11.9. The normalized spacial score (nSPS) is 43.6. The number of hydrogen-bond acceptors (Lipinski definition) is 2. The van der Waals surface area contributed by atoms with Gasteiger partial charge in [0.15, 0.2) is 0 Å². The lowest BCUT2D eigenvalue weighted by atomic mass is 9.72. The molecule has 1 aliphatic heterocycles. The van der Waals surface area contributed by atoms with Crippen LogP contribution in [0.2, 0.25) is 0 Å². The van der Waals surface area contributed by atoms with E-state index in [0.29, 0.717) is 17.5 Å². The van der Waals surface area contributed by atoms with E-state index in [4.69, 9.17) is 0 Å².